The molecule has 0 radical (unpaired) electrons. The summed E-state index contributed by atoms with van der Waals surface area (Å²) in [7, 11) is 3.66. The van der Waals surface area contributed by atoms with Crippen LogP contribution in [0.2, 0.25) is 0 Å². The van der Waals surface area contributed by atoms with E-state index in [0.29, 0.717) is 6.04 Å². The van der Waals surface area contributed by atoms with Gasteiger partial charge in [-0.2, -0.15) is 0 Å². The maximum absolute atomic E-state index is 5.07. The molecular weight excluding hydrogens is 240 g/mol. The van der Waals surface area contributed by atoms with E-state index < -0.39 is 0 Å². The zero-order chi connectivity index (χ0) is 13.7. The Bertz CT molecular complexity index is 506. The first-order valence-corrected chi connectivity index (χ1v) is 6.40. The molecule has 1 aromatic heterocycles. The average Bonchev–Trinajstić information content (AvgIpc) is 2.83. The van der Waals surface area contributed by atoms with E-state index in [-0.39, 0.29) is 0 Å². The molecule has 1 aromatic carbocycles. The Hall–Kier alpha value is -1.88. The summed E-state index contributed by atoms with van der Waals surface area (Å²) in [5.74, 6) is 0.874. The van der Waals surface area contributed by atoms with Gasteiger partial charge in [-0.05, 0) is 37.6 Å². The summed E-state index contributed by atoms with van der Waals surface area (Å²) in [4.78, 5) is 0. The molecule has 2 rings (SSSR count). The molecule has 0 aliphatic heterocycles. The van der Waals surface area contributed by atoms with Crippen molar-refractivity contribution in [1.29, 1.82) is 0 Å². The summed E-state index contributed by atoms with van der Waals surface area (Å²) < 4.78 is 6.98. The van der Waals surface area contributed by atoms with Gasteiger partial charge in [-0.3, -0.25) is 0 Å². The van der Waals surface area contributed by atoms with Crippen LogP contribution >= 0.6 is 0 Å². The Morgan fingerprint density at radius 3 is 2.63 bits per heavy atom. The summed E-state index contributed by atoms with van der Waals surface area (Å²) in [6, 6.07) is 8.62. The predicted molar refractivity (Wildman–Crippen MR) is 76.0 cm³/mol. The first kappa shape index (κ1) is 13.5. The maximum Gasteiger partial charge on any atom is 0.163 e. The van der Waals surface area contributed by atoms with Gasteiger partial charge >= 0.3 is 0 Å². The molecule has 1 atom stereocenters. The molecule has 0 saturated carbocycles. The molecule has 0 aliphatic carbocycles. The number of hydrogen-bond donors (Lipinski definition) is 1. The molecule has 0 spiro atoms. The minimum atomic E-state index is 0.389. The van der Waals surface area contributed by atoms with Crippen LogP contribution in [0.1, 0.15) is 13.3 Å². The Labute approximate surface area is 113 Å². The number of rotatable bonds is 6. The fourth-order valence-electron chi connectivity index (χ4n) is 1.91. The summed E-state index contributed by atoms with van der Waals surface area (Å²) in [6.45, 7) is 2.92. The molecular formula is C14H20N4O. The van der Waals surface area contributed by atoms with Gasteiger partial charge in [0.25, 0.3) is 0 Å². The number of aromatic nitrogens is 3. The van der Waals surface area contributed by atoms with Crippen LogP contribution in [0.3, 0.4) is 0 Å². The number of benzene rings is 1. The fraction of sp³-hybridized carbons (Fsp3) is 0.429. The Morgan fingerprint density at radius 1 is 1.32 bits per heavy atom. The molecule has 0 saturated heterocycles. The summed E-state index contributed by atoms with van der Waals surface area (Å²) in [5.41, 5.74) is 2.17. The zero-order valence-electron chi connectivity index (χ0n) is 11.6. The van der Waals surface area contributed by atoms with Crippen LogP contribution in [0.15, 0.2) is 30.6 Å². The lowest BCUT2D eigenvalue weighted by Gasteiger charge is -2.14. The van der Waals surface area contributed by atoms with Crippen molar-refractivity contribution in [2.24, 2.45) is 7.05 Å². The van der Waals surface area contributed by atoms with Gasteiger partial charge in [-0.25, -0.2) is 0 Å². The number of ether oxygens (including phenoxy) is 1. The van der Waals surface area contributed by atoms with Gasteiger partial charge in [0.05, 0.1) is 0 Å². The minimum absolute atomic E-state index is 0.389. The molecule has 2 aromatic rings. The van der Waals surface area contributed by atoms with Crippen molar-refractivity contribution in [3.8, 4) is 11.4 Å². The second-order valence-electron chi connectivity index (χ2n) is 4.67. The van der Waals surface area contributed by atoms with Crippen LogP contribution in [0.5, 0.6) is 0 Å². The highest BCUT2D eigenvalue weighted by Crippen LogP contribution is 2.19. The zero-order valence-corrected chi connectivity index (χ0v) is 11.6. The molecule has 0 fully saturated rings. The van der Waals surface area contributed by atoms with Crippen LogP contribution in [-0.2, 0) is 11.8 Å². The fourth-order valence-corrected chi connectivity index (χ4v) is 1.91. The standard InChI is InChI=1S/C14H20N4O/c1-11(8-9-19-3)16-13-6-4-12(5-7-13)14-17-15-10-18(14)2/h4-7,10-11,16H,8-9H2,1-3H3. The molecule has 102 valence electrons. The minimum Gasteiger partial charge on any atom is -0.385 e. The van der Waals surface area contributed by atoms with Crippen molar-refractivity contribution < 1.29 is 4.74 Å². The third-order valence-corrected chi connectivity index (χ3v) is 3.02. The lowest BCUT2D eigenvalue weighted by Crippen LogP contribution is -2.16. The van der Waals surface area contributed by atoms with E-state index in [1.165, 1.54) is 0 Å². The lowest BCUT2D eigenvalue weighted by atomic mass is 10.1. The highest BCUT2D eigenvalue weighted by molar-refractivity contribution is 5.59. The monoisotopic (exact) mass is 260 g/mol. The first-order valence-electron chi connectivity index (χ1n) is 6.40. The normalized spacial score (nSPS) is 12.4. The molecule has 0 bridgehead atoms. The lowest BCUT2D eigenvalue weighted by molar-refractivity contribution is 0.191. The van der Waals surface area contributed by atoms with E-state index >= 15 is 0 Å². The summed E-state index contributed by atoms with van der Waals surface area (Å²) >= 11 is 0. The molecule has 1 unspecified atom stereocenters. The summed E-state index contributed by atoms with van der Waals surface area (Å²) in [6.07, 6.45) is 2.69. The number of methoxy groups -OCH3 is 1. The van der Waals surface area contributed by atoms with Crippen LogP contribution in [0.25, 0.3) is 11.4 Å². The molecule has 1 N–H and O–H groups in total. The predicted octanol–water partition coefficient (Wildman–Crippen LogP) is 2.32. The molecule has 1 heterocycles. The first-order chi connectivity index (χ1) is 9.20. The quantitative estimate of drug-likeness (QED) is 0.866. The molecule has 19 heavy (non-hydrogen) atoms. The van der Waals surface area contributed by atoms with Crippen molar-refractivity contribution in [2.45, 2.75) is 19.4 Å². The molecule has 0 amide bonds. The largest absolute Gasteiger partial charge is 0.385 e. The Balaban J connectivity index is 2.01. The van der Waals surface area contributed by atoms with Crippen LogP contribution in [0, 0.1) is 0 Å². The van der Waals surface area contributed by atoms with Crippen LogP contribution in [-0.4, -0.2) is 34.5 Å². The van der Waals surface area contributed by atoms with Gasteiger partial charge in [0.2, 0.25) is 0 Å². The van der Waals surface area contributed by atoms with Crippen molar-refractivity contribution in [3.05, 3.63) is 30.6 Å². The second kappa shape index (κ2) is 6.33. The van der Waals surface area contributed by atoms with Gasteiger partial charge < -0.3 is 14.6 Å². The third kappa shape index (κ3) is 3.54. The van der Waals surface area contributed by atoms with E-state index in [2.05, 4.69) is 46.7 Å². The van der Waals surface area contributed by atoms with E-state index in [0.717, 1.165) is 30.1 Å². The number of anilines is 1. The highest BCUT2D eigenvalue weighted by Gasteiger charge is 2.05. The highest BCUT2D eigenvalue weighted by atomic mass is 16.5. The van der Waals surface area contributed by atoms with Crippen LogP contribution in [0.4, 0.5) is 5.69 Å². The SMILES string of the molecule is COCCC(C)Nc1ccc(-c2nncn2C)cc1. The van der Waals surface area contributed by atoms with E-state index in [4.69, 9.17) is 4.74 Å². The number of nitrogens with one attached hydrogen (secondary N) is 1. The number of hydrogen-bond acceptors (Lipinski definition) is 4. The van der Waals surface area contributed by atoms with E-state index in [1.807, 2.05) is 11.6 Å². The van der Waals surface area contributed by atoms with Crippen molar-refractivity contribution >= 4 is 5.69 Å². The molecule has 5 heteroatoms. The average molecular weight is 260 g/mol. The van der Waals surface area contributed by atoms with Crippen molar-refractivity contribution in [3.63, 3.8) is 0 Å². The van der Waals surface area contributed by atoms with E-state index in [9.17, 15) is 0 Å². The van der Waals surface area contributed by atoms with Gasteiger partial charge in [-0.15, -0.1) is 10.2 Å². The van der Waals surface area contributed by atoms with Crippen molar-refractivity contribution in [1.82, 2.24) is 14.8 Å². The van der Waals surface area contributed by atoms with Crippen LogP contribution < -0.4 is 5.32 Å². The van der Waals surface area contributed by atoms with E-state index in [1.54, 1.807) is 13.4 Å². The van der Waals surface area contributed by atoms with Gasteiger partial charge in [0, 0.05) is 38.1 Å². The van der Waals surface area contributed by atoms with Gasteiger partial charge in [0.15, 0.2) is 5.82 Å². The van der Waals surface area contributed by atoms with Gasteiger partial charge in [-0.1, -0.05) is 0 Å². The number of aryl methyl sites for hydroxylation is 1. The number of nitrogens with zero attached hydrogens (tertiary/aromatic N) is 3. The third-order valence-electron chi connectivity index (χ3n) is 3.02. The molecule has 0 aliphatic rings. The smallest absolute Gasteiger partial charge is 0.163 e. The second-order valence-corrected chi connectivity index (χ2v) is 4.67. The molecule has 5 nitrogen and oxygen atoms in total. The van der Waals surface area contributed by atoms with Crippen molar-refractivity contribution in [2.75, 3.05) is 19.0 Å². The Morgan fingerprint density at radius 2 is 2.05 bits per heavy atom. The summed E-state index contributed by atoms with van der Waals surface area (Å²) in [5, 5.41) is 11.4. The van der Waals surface area contributed by atoms with Gasteiger partial charge in [0.1, 0.15) is 6.33 Å². The topological polar surface area (TPSA) is 52.0 Å². The Kier molecular flexibility index (Phi) is 4.52. The maximum atomic E-state index is 5.07.